The standard InChI is InChI=1S/14C8H18O2.C7H16O3/c1-7(9)5-3-4-6-8(2)10;1-4-7(9)5-8(10)6(2)3;1-3-8(10)5-4-7(2)6-9;1-3-8(10)6-4-5-7(2)9;1-3-4-8(10)5-7(2)6-9;1-3-4-8(10)6-5-7(2)9;1-3-4-5-8(10)6-7(2)9;1-3-4-5-6-8(2,10)7-9;1-3-7(9)5-6-8(10)4-2;1-3-5-8(10)6-7(9)4-2;1-3-5-6-8(10)7(9)4-2;1-3-5-7(9)8(10)6-4-2;1-2-3-4-5-8(6-9)7-10;9-7-5-3-1-2-4-6-8-10;1-2-3-4-6(9)7(10)5-8/h7-10H,3-6H2,1-2H3;6-10H,4-5H2,1-3H3;5*7-10H,3-6H2,1-2H3;9-10H,3-7H2,1-2H3;4*7-10H,3-6H2,1-2H3;8-10H,2-7H2,1H3;9-10H,1-8H2;6-10H,2-5H2,1H3. The van der Waals surface area contributed by atoms with Gasteiger partial charge in [0.25, 0.3) is 0 Å². The number of aliphatic hydroxyl groups is 31. The van der Waals surface area contributed by atoms with Gasteiger partial charge >= 0.3 is 0 Å². The Morgan fingerprint density at radius 3 is 0.800 bits per heavy atom. The number of unbranched alkanes of at least 4 members (excludes halogenated alkanes) is 13. The average molecular weight is 2200 g/mol. The molecule has 25 unspecified atom stereocenters. The van der Waals surface area contributed by atoms with Crippen LogP contribution >= 0.6 is 0 Å². The first kappa shape index (κ1) is 182. The van der Waals surface area contributed by atoms with Crippen LogP contribution in [0.15, 0.2) is 0 Å². The van der Waals surface area contributed by atoms with Gasteiger partial charge in [-0.15, -0.1) is 0 Å². The lowest BCUT2D eigenvalue weighted by molar-refractivity contribution is -0.0183. The number of hydrogen-bond acceptors (Lipinski definition) is 31. The van der Waals surface area contributed by atoms with Gasteiger partial charge in [0, 0.05) is 45.6 Å². The Kier molecular flexibility index (Phi) is 176. The summed E-state index contributed by atoms with van der Waals surface area (Å²) in [6.45, 7) is 53.2. The van der Waals surface area contributed by atoms with Crippen molar-refractivity contribution in [2.24, 2.45) is 23.7 Å². The largest absolute Gasteiger partial charge is 0.396 e. The second-order valence-electron chi connectivity index (χ2n) is 42.3. The van der Waals surface area contributed by atoms with Crippen LogP contribution in [-0.2, 0) is 0 Å². The Labute approximate surface area is 923 Å². The fourth-order valence-electron chi connectivity index (χ4n) is 13.1. The van der Waals surface area contributed by atoms with Crippen molar-refractivity contribution in [1.82, 2.24) is 0 Å². The summed E-state index contributed by atoms with van der Waals surface area (Å²) in [6.07, 6.45) is 42.7. The maximum Gasteiger partial charge on any atom is 0.103 e. The molecule has 0 saturated heterocycles. The van der Waals surface area contributed by atoms with E-state index in [1.54, 1.807) is 41.5 Å². The van der Waals surface area contributed by atoms with Gasteiger partial charge in [-0.25, -0.2) is 0 Å². The minimum Gasteiger partial charge on any atom is -0.396 e. The highest BCUT2D eigenvalue weighted by Gasteiger charge is 2.20. The Hall–Kier alpha value is -1.24. The van der Waals surface area contributed by atoms with E-state index in [-0.39, 0.29) is 155 Å². The zero-order valence-corrected chi connectivity index (χ0v) is 102. The van der Waals surface area contributed by atoms with Crippen LogP contribution in [0.5, 0.6) is 0 Å². The molecule has 0 amide bonds. The fraction of sp³-hybridized carbons (Fsp3) is 1.00. The lowest BCUT2D eigenvalue weighted by Crippen LogP contribution is -2.28. The summed E-state index contributed by atoms with van der Waals surface area (Å²) < 4.78 is 0. The molecule has 0 aromatic rings. The van der Waals surface area contributed by atoms with E-state index in [1.807, 2.05) is 118 Å². The van der Waals surface area contributed by atoms with Gasteiger partial charge in [0.2, 0.25) is 0 Å². The van der Waals surface area contributed by atoms with Crippen molar-refractivity contribution < 1.29 is 158 Å². The predicted octanol–water partition coefficient (Wildman–Crippen LogP) is 17.6. The van der Waals surface area contributed by atoms with Crippen molar-refractivity contribution in [1.29, 1.82) is 0 Å². The second-order valence-corrected chi connectivity index (χ2v) is 42.3. The van der Waals surface area contributed by atoms with Crippen LogP contribution in [0, 0.1) is 23.7 Å². The molecule has 0 bridgehead atoms. The zero-order valence-electron chi connectivity index (χ0n) is 102. The summed E-state index contributed by atoms with van der Waals surface area (Å²) in [5.41, 5.74) is -0.852. The van der Waals surface area contributed by atoms with Crippen molar-refractivity contribution in [2.45, 2.75) is 693 Å². The van der Waals surface area contributed by atoms with Crippen LogP contribution in [0.4, 0.5) is 0 Å². The molecule has 0 saturated carbocycles. The summed E-state index contributed by atoms with van der Waals surface area (Å²) in [5.74, 6) is 0.940. The summed E-state index contributed by atoms with van der Waals surface area (Å²) in [6, 6.07) is 0. The molecule has 0 aliphatic carbocycles. The van der Waals surface area contributed by atoms with Crippen LogP contribution in [0.25, 0.3) is 0 Å². The Morgan fingerprint density at radius 2 is 0.480 bits per heavy atom. The average Bonchev–Trinajstić information content (AvgIpc) is 0.705. The summed E-state index contributed by atoms with van der Waals surface area (Å²) in [4.78, 5) is 0. The van der Waals surface area contributed by atoms with Crippen molar-refractivity contribution in [2.75, 3.05) is 52.9 Å². The summed E-state index contributed by atoms with van der Waals surface area (Å²) >= 11 is 0. The first-order chi connectivity index (χ1) is 70.5. The van der Waals surface area contributed by atoms with E-state index >= 15 is 0 Å². The highest BCUT2D eigenvalue weighted by molar-refractivity contribution is 4.72. The molecule has 25 atom stereocenters. The number of hydrogen-bond donors (Lipinski definition) is 31. The molecule has 0 radical (unpaired) electrons. The molecular weight excluding hydrogens is 1930 g/mol. The van der Waals surface area contributed by atoms with Gasteiger partial charge in [-0.1, -0.05) is 293 Å². The Balaban J connectivity index is -0.000000100. The SMILES string of the molecule is CC(O)CCCCC(C)O.CCC(O)CC(O)C(C)C.CCC(O)CCC(C)CO.CCC(O)CCC(O)CC.CCC(O)CCCC(C)O.CCCC(O)C(O)CCC.CCCC(O)CC(C)CO.CCCC(O)CC(O)CC.CCCC(O)CCC(C)O.CCCCC(O)C(O)CC.CCCCC(O)C(O)CO.CCCCC(O)CC(C)O.CCCCCC(C)(O)CO.CCCCCC(CO)CO.OCCCCCCCCO. The molecule has 930 valence electrons. The van der Waals surface area contributed by atoms with E-state index in [4.69, 9.17) is 112 Å². The summed E-state index contributed by atoms with van der Waals surface area (Å²) in [5, 5.41) is 277. The molecule has 0 aliphatic heterocycles. The normalized spacial score (nSPS) is 16.0. The van der Waals surface area contributed by atoms with Crippen molar-refractivity contribution in [3.05, 3.63) is 0 Å². The minimum absolute atomic E-state index is 0.117. The van der Waals surface area contributed by atoms with Gasteiger partial charge in [-0.05, 0) is 278 Å². The van der Waals surface area contributed by atoms with Gasteiger partial charge < -0.3 is 158 Å². The van der Waals surface area contributed by atoms with Crippen LogP contribution in [0.3, 0.4) is 0 Å². The van der Waals surface area contributed by atoms with Crippen molar-refractivity contribution >= 4 is 0 Å². The molecule has 150 heavy (non-hydrogen) atoms. The molecule has 0 aromatic heterocycles. The van der Waals surface area contributed by atoms with Crippen LogP contribution in [0.2, 0.25) is 0 Å². The molecule has 0 spiro atoms. The van der Waals surface area contributed by atoms with Crippen molar-refractivity contribution in [3.8, 4) is 0 Å². The molecule has 0 aromatic carbocycles. The lowest BCUT2D eigenvalue weighted by Gasteiger charge is -2.19. The smallest absolute Gasteiger partial charge is 0.103 e. The topological polar surface area (TPSA) is 627 Å². The van der Waals surface area contributed by atoms with E-state index in [2.05, 4.69) is 27.7 Å². The van der Waals surface area contributed by atoms with E-state index in [0.717, 1.165) is 283 Å². The molecule has 0 fully saturated rings. The molecule has 0 rings (SSSR count). The Bertz CT molecular complexity index is 2130. The number of rotatable bonds is 77. The molecule has 31 nitrogen and oxygen atoms in total. The molecule has 0 heterocycles. The highest BCUT2D eigenvalue weighted by atomic mass is 16.4. The quantitative estimate of drug-likeness (QED) is 0.0251. The third-order valence-electron chi connectivity index (χ3n) is 24.5. The van der Waals surface area contributed by atoms with Gasteiger partial charge in [0.1, 0.15) is 6.10 Å². The molecule has 31 N–H and O–H groups in total. The van der Waals surface area contributed by atoms with Gasteiger partial charge in [-0.2, -0.15) is 0 Å². The van der Waals surface area contributed by atoms with Gasteiger partial charge in [0.15, 0.2) is 0 Å². The maximum absolute atomic E-state index is 9.30. The van der Waals surface area contributed by atoms with Crippen molar-refractivity contribution in [3.63, 3.8) is 0 Å². The van der Waals surface area contributed by atoms with Crippen LogP contribution < -0.4 is 0 Å². The second kappa shape index (κ2) is 146. The van der Waals surface area contributed by atoms with Gasteiger partial charge in [0.05, 0.1) is 147 Å². The summed E-state index contributed by atoms with van der Waals surface area (Å²) in [7, 11) is 0. The van der Waals surface area contributed by atoms with Gasteiger partial charge in [-0.3, -0.25) is 0 Å². The molecular formula is C119H268O31. The predicted molar refractivity (Wildman–Crippen MR) is 624 cm³/mol. The van der Waals surface area contributed by atoms with E-state index < -0.39 is 42.2 Å². The maximum atomic E-state index is 9.30. The third-order valence-corrected chi connectivity index (χ3v) is 24.5. The van der Waals surface area contributed by atoms with Crippen LogP contribution in [0.1, 0.15) is 553 Å². The van der Waals surface area contributed by atoms with Crippen LogP contribution in [-0.4, -0.2) is 351 Å². The van der Waals surface area contributed by atoms with E-state index in [0.29, 0.717) is 76.9 Å². The Morgan fingerprint density at radius 1 is 0.180 bits per heavy atom. The monoisotopic (exact) mass is 2190 g/mol. The lowest BCUT2D eigenvalue weighted by atomic mass is 10.00. The molecule has 0 aliphatic rings. The highest BCUT2D eigenvalue weighted by Crippen LogP contribution is 2.19. The number of aliphatic hydroxyl groups excluding tert-OH is 30. The first-order valence-electron chi connectivity index (χ1n) is 60.1. The molecule has 31 heteroatoms. The minimum atomic E-state index is -0.966. The van der Waals surface area contributed by atoms with E-state index in [1.165, 1.54) is 25.7 Å². The third kappa shape index (κ3) is 182. The first-order valence-corrected chi connectivity index (χ1v) is 60.1. The van der Waals surface area contributed by atoms with E-state index in [9.17, 15) is 46.0 Å². The fourth-order valence-corrected chi connectivity index (χ4v) is 13.1. The zero-order chi connectivity index (χ0) is 119.